The van der Waals surface area contributed by atoms with E-state index in [0.29, 0.717) is 18.0 Å². The molecule has 0 spiro atoms. The lowest BCUT2D eigenvalue weighted by atomic mass is 9.99. The summed E-state index contributed by atoms with van der Waals surface area (Å²) < 4.78 is 5.29. The predicted molar refractivity (Wildman–Crippen MR) is 82.6 cm³/mol. The maximum atomic E-state index is 5.29. The van der Waals surface area contributed by atoms with Gasteiger partial charge in [-0.15, -0.1) is 0 Å². The first-order chi connectivity index (χ1) is 9.11. The molecule has 1 N–H and O–H groups in total. The number of hydrogen-bond acceptors (Lipinski definition) is 3. The Balaban J connectivity index is 2.46. The average Bonchev–Trinajstić information content (AvgIpc) is 3.23. The summed E-state index contributed by atoms with van der Waals surface area (Å²) in [5.74, 6) is 1.61. The largest absolute Gasteiger partial charge is 0.383 e. The van der Waals surface area contributed by atoms with E-state index < -0.39 is 0 Å². The zero-order valence-corrected chi connectivity index (χ0v) is 13.6. The van der Waals surface area contributed by atoms with Gasteiger partial charge in [0, 0.05) is 25.7 Å². The third-order valence-corrected chi connectivity index (χ3v) is 4.62. The van der Waals surface area contributed by atoms with Crippen LogP contribution in [0.1, 0.15) is 47.0 Å². The van der Waals surface area contributed by atoms with E-state index in [9.17, 15) is 0 Å². The summed E-state index contributed by atoms with van der Waals surface area (Å²) in [4.78, 5) is 2.67. The van der Waals surface area contributed by atoms with Gasteiger partial charge in [-0.05, 0) is 58.0 Å². The number of nitrogens with one attached hydrogen (secondary N) is 1. The SMILES string of the molecule is CCCNCC(C)C(C)N(CCOC)C(C)C1CC1. The fraction of sp³-hybridized carbons (Fsp3) is 1.00. The third kappa shape index (κ3) is 5.80. The van der Waals surface area contributed by atoms with Gasteiger partial charge < -0.3 is 10.1 Å². The quantitative estimate of drug-likeness (QED) is 0.584. The second-order valence-corrected chi connectivity index (χ2v) is 6.23. The van der Waals surface area contributed by atoms with Crippen LogP contribution < -0.4 is 5.32 Å². The van der Waals surface area contributed by atoms with Gasteiger partial charge in [-0.25, -0.2) is 0 Å². The lowest BCUT2D eigenvalue weighted by Crippen LogP contribution is -2.48. The van der Waals surface area contributed by atoms with E-state index in [-0.39, 0.29) is 0 Å². The molecule has 0 aliphatic heterocycles. The van der Waals surface area contributed by atoms with Crippen LogP contribution in [0, 0.1) is 11.8 Å². The predicted octanol–water partition coefficient (Wildman–Crippen LogP) is 2.76. The monoisotopic (exact) mass is 270 g/mol. The Bertz CT molecular complexity index is 231. The molecule has 19 heavy (non-hydrogen) atoms. The average molecular weight is 270 g/mol. The van der Waals surface area contributed by atoms with E-state index in [1.807, 2.05) is 0 Å². The highest BCUT2D eigenvalue weighted by molar-refractivity contribution is 4.88. The zero-order chi connectivity index (χ0) is 14.3. The van der Waals surface area contributed by atoms with Crippen LogP contribution >= 0.6 is 0 Å². The first kappa shape index (κ1) is 16.9. The molecule has 114 valence electrons. The molecule has 0 heterocycles. The van der Waals surface area contributed by atoms with Crippen LogP contribution in [0.25, 0.3) is 0 Å². The molecule has 1 aliphatic carbocycles. The Labute approximate surface area is 120 Å². The normalized spacial score (nSPS) is 20.5. The van der Waals surface area contributed by atoms with E-state index in [4.69, 9.17) is 4.74 Å². The van der Waals surface area contributed by atoms with Crippen molar-refractivity contribution < 1.29 is 4.74 Å². The first-order valence-corrected chi connectivity index (χ1v) is 8.07. The van der Waals surface area contributed by atoms with Crippen molar-refractivity contribution in [2.45, 2.75) is 59.0 Å². The molecule has 1 rings (SSSR count). The Hall–Kier alpha value is -0.120. The molecule has 0 radical (unpaired) electrons. The van der Waals surface area contributed by atoms with Gasteiger partial charge in [0.25, 0.3) is 0 Å². The summed E-state index contributed by atoms with van der Waals surface area (Å²) in [7, 11) is 1.80. The fourth-order valence-electron chi connectivity index (χ4n) is 2.83. The summed E-state index contributed by atoms with van der Waals surface area (Å²) in [6, 6.07) is 1.33. The molecule has 0 amide bonds. The molecular weight excluding hydrogens is 236 g/mol. The maximum Gasteiger partial charge on any atom is 0.0589 e. The standard InChI is InChI=1S/C16H34N2O/c1-6-9-17-12-13(2)14(3)18(10-11-19-5)15(4)16-7-8-16/h13-17H,6-12H2,1-5H3. The molecular formula is C16H34N2O. The summed E-state index contributed by atoms with van der Waals surface area (Å²) in [5.41, 5.74) is 0. The van der Waals surface area contributed by atoms with Crippen molar-refractivity contribution in [2.75, 3.05) is 33.4 Å². The highest BCUT2D eigenvalue weighted by atomic mass is 16.5. The number of rotatable bonds is 11. The second kappa shape index (κ2) is 8.93. The molecule has 3 unspecified atom stereocenters. The highest BCUT2D eigenvalue weighted by Crippen LogP contribution is 2.36. The minimum Gasteiger partial charge on any atom is -0.383 e. The number of hydrogen-bond donors (Lipinski definition) is 1. The van der Waals surface area contributed by atoms with E-state index in [1.54, 1.807) is 7.11 Å². The molecule has 3 heteroatoms. The number of nitrogens with zero attached hydrogens (tertiary/aromatic N) is 1. The van der Waals surface area contributed by atoms with Crippen molar-refractivity contribution >= 4 is 0 Å². The first-order valence-electron chi connectivity index (χ1n) is 8.07. The van der Waals surface area contributed by atoms with Crippen molar-refractivity contribution in [1.29, 1.82) is 0 Å². The number of methoxy groups -OCH3 is 1. The van der Waals surface area contributed by atoms with Crippen LogP contribution in [0.4, 0.5) is 0 Å². The van der Waals surface area contributed by atoms with Crippen LogP contribution in [0.5, 0.6) is 0 Å². The molecule has 0 saturated heterocycles. The van der Waals surface area contributed by atoms with Gasteiger partial charge in [-0.1, -0.05) is 13.8 Å². The minimum absolute atomic E-state index is 0.620. The molecule has 0 aromatic carbocycles. The van der Waals surface area contributed by atoms with Gasteiger partial charge in [-0.3, -0.25) is 4.90 Å². The second-order valence-electron chi connectivity index (χ2n) is 6.23. The van der Waals surface area contributed by atoms with Crippen molar-refractivity contribution in [3.8, 4) is 0 Å². The smallest absolute Gasteiger partial charge is 0.0589 e. The Morgan fingerprint density at radius 3 is 2.47 bits per heavy atom. The summed E-state index contributed by atoms with van der Waals surface area (Å²) >= 11 is 0. The van der Waals surface area contributed by atoms with E-state index in [2.05, 4.69) is 37.9 Å². The Morgan fingerprint density at radius 2 is 1.95 bits per heavy atom. The Kier molecular flexibility index (Phi) is 7.96. The number of ether oxygens (including phenoxy) is 1. The molecule has 0 aromatic heterocycles. The van der Waals surface area contributed by atoms with E-state index >= 15 is 0 Å². The van der Waals surface area contributed by atoms with E-state index in [0.717, 1.165) is 32.2 Å². The van der Waals surface area contributed by atoms with Crippen molar-refractivity contribution in [3.63, 3.8) is 0 Å². The fourth-order valence-corrected chi connectivity index (χ4v) is 2.83. The molecule has 0 bridgehead atoms. The molecule has 1 saturated carbocycles. The third-order valence-electron chi connectivity index (χ3n) is 4.62. The van der Waals surface area contributed by atoms with Crippen molar-refractivity contribution in [3.05, 3.63) is 0 Å². The molecule has 3 atom stereocenters. The van der Waals surface area contributed by atoms with Gasteiger partial charge in [-0.2, -0.15) is 0 Å². The lowest BCUT2D eigenvalue weighted by molar-refractivity contribution is 0.0661. The lowest BCUT2D eigenvalue weighted by Gasteiger charge is -2.38. The summed E-state index contributed by atoms with van der Waals surface area (Å²) in [6.07, 6.45) is 4.05. The van der Waals surface area contributed by atoms with Gasteiger partial charge in [0.05, 0.1) is 6.61 Å². The summed E-state index contributed by atoms with van der Waals surface area (Å²) in [5, 5.41) is 3.55. The highest BCUT2D eigenvalue weighted by Gasteiger charge is 2.34. The van der Waals surface area contributed by atoms with Gasteiger partial charge in [0.1, 0.15) is 0 Å². The van der Waals surface area contributed by atoms with Crippen molar-refractivity contribution in [1.82, 2.24) is 10.2 Å². The maximum absolute atomic E-state index is 5.29. The van der Waals surface area contributed by atoms with Crippen LogP contribution in [0.3, 0.4) is 0 Å². The van der Waals surface area contributed by atoms with Gasteiger partial charge in [0.15, 0.2) is 0 Å². The van der Waals surface area contributed by atoms with Crippen LogP contribution in [-0.4, -0.2) is 50.3 Å². The van der Waals surface area contributed by atoms with Crippen LogP contribution in [0.15, 0.2) is 0 Å². The molecule has 3 nitrogen and oxygen atoms in total. The topological polar surface area (TPSA) is 24.5 Å². The molecule has 0 aromatic rings. The van der Waals surface area contributed by atoms with E-state index in [1.165, 1.54) is 19.3 Å². The van der Waals surface area contributed by atoms with Gasteiger partial charge in [0.2, 0.25) is 0 Å². The zero-order valence-electron chi connectivity index (χ0n) is 13.6. The molecule has 1 aliphatic rings. The minimum atomic E-state index is 0.620. The summed E-state index contributed by atoms with van der Waals surface area (Å²) in [6.45, 7) is 13.5. The van der Waals surface area contributed by atoms with Crippen LogP contribution in [0.2, 0.25) is 0 Å². The van der Waals surface area contributed by atoms with Gasteiger partial charge >= 0.3 is 0 Å². The Morgan fingerprint density at radius 1 is 1.26 bits per heavy atom. The van der Waals surface area contributed by atoms with Crippen molar-refractivity contribution in [2.24, 2.45) is 11.8 Å². The van der Waals surface area contributed by atoms with Crippen LogP contribution in [-0.2, 0) is 4.74 Å². The molecule has 1 fully saturated rings.